The molecule has 0 aliphatic carbocycles. The molecule has 0 spiro atoms. The van der Waals surface area contributed by atoms with Crippen LogP contribution in [0.3, 0.4) is 0 Å². The summed E-state index contributed by atoms with van der Waals surface area (Å²) >= 11 is 0. The zero-order valence-electron chi connectivity index (χ0n) is 13.5. The molecule has 1 aliphatic rings. The molecule has 1 N–H and O–H groups in total. The number of carbonyl (C=O) groups excluding carboxylic acids is 2. The van der Waals surface area contributed by atoms with E-state index >= 15 is 0 Å². The van der Waals surface area contributed by atoms with Crippen LogP contribution in [0.2, 0.25) is 0 Å². The number of fused-ring (bicyclic) bond motifs is 1. The molecule has 1 heterocycles. The lowest BCUT2D eigenvalue weighted by atomic mass is 9.95. The van der Waals surface area contributed by atoms with Gasteiger partial charge < -0.3 is 15.0 Å². The SMILES string of the molecule is C=C(C)CN1C(=O)COc2cc(NC(=O)C(C)(C)C)ccc21. The van der Waals surface area contributed by atoms with Crippen molar-refractivity contribution in [2.45, 2.75) is 27.7 Å². The van der Waals surface area contributed by atoms with Crippen molar-refractivity contribution in [3.05, 3.63) is 30.4 Å². The second kappa shape index (κ2) is 5.83. The van der Waals surface area contributed by atoms with Gasteiger partial charge in [0.1, 0.15) is 5.75 Å². The summed E-state index contributed by atoms with van der Waals surface area (Å²) in [6, 6.07) is 5.31. The van der Waals surface area contributed by atoms with E-state index in [-0.39, 0.29) is 18.4 Å². The Balaban J connectivity index is 2.26. The van der Waals surface area contributed by atoms with Crippen LogP contribution in [0.1, 0.15) is 27.7 Å². The van der Waals surface area contributed by atoms with Gasteiger partial charge in [-0.2, -0.15) is 0 Å². The maximum Gasteiger partial charge on any atom is 0.265 e. The molecule has 5 nitrogen and oxygen atoms in total. The van der Waals surface area contributed by atoms with Gasteiger partial charge in [-0.05, 0) is 19.1 Å². The molecule has 2 rings (SSSR count). The fraction of sp³-hybridized carbons (Fsp3) is 0.412. The van der Waals surface area contributed by atoms with E-state index in [1.165, 1.54) is 0 Å². The first kappa shape index (κ1) is 16.1. The molecule has 0 saturated carbocycles. The standard InChI is InChI=1S/C17H22N2O3/c1-11(2)9-19-13-7-6-12(18-16(21)17(3,4)5)8-14(13)22-10-15(19)20/h6-8H,1,9-10H2,2-5H3,(H,18,21). The van der Waals surface area contributed by atoms with Gasteiger partial charge >= 0.3 is 0 Å². The van der Waals surface area contributed by atoms with Crippen molar-refractivity contribution in [3.63, 3.8) is 0 Å². The van der Waals surface area contributed by atoms with Gasteiger partial charge in [-0.3, -0.25) is 9.59 Å². The Labute approximate surface area is 130 Å². The third-order valence-corrected chi connectivity index (χ3v) is 3.27. The Kier molecular flexibility index (Phi) is 4.26. The number of nitrogens with one attached hydrogen (secondary N) is 1. The van der Waals surface area contributed by atoms with Crippen molar-refractivity contribution < 1.29 is 14.3 Å². The second-order valence-corrected chi connectivity index (χ2v) is 6.61. The van der Waals surface area contributed by atoms with E-state index in [1.54, 1.807) is 23.1 Å². The van der Waals surface area contributed by atoms with E-state index in [9.17, 15) is 9.59 Å². The quantitative estimate of drug-likeness (QED) is 0.873. The predicted molar refractivity (Wildman–Crippen MR) is 87.2 cm³/mol. The Morgan fingerprint density at radius 2 is 2.09 bits per heavy atom. The predicted octanol–water partition coefficient (Wildman–Crippen LogP) is 2.97. The molecule has 1 aliphatic heterocycles. The Bertz CT molecular complexity index is 629. The van der Waals surface area contributed by atoms with Crippen LogP contribution >= 0.6 is 0 Å². The van der Waals surface area contributed by atoms with E-state index < -0.39 is 5.41 Å². The summed E-state index contributed by atoms with van der Waals surface area (Å²) in [6.07, 6.45) is 0. The first-order chi connectivity index (χ1) is 10.2. The van der Waals surface area contributed by atoms with Crippen LogP contribution in [-0.2, 0) is 9.59 Å². The Morgan fingerprint density at radius 1 is 1.41 bits per heavy atom. The van der Waals surface area contributed by atoms with Gasteiger partial charge in [0, 0.05) is 23.7 Å². The zero-order chi connectivity index (χ0) is 16.5. The lowest BCUT2D eigenvalue weighted by molar-refractivity contribution is -0.123. The van der Waals surface area contributed by atoms with Crippen molar-refractivity contribution in [1.82, 2.24) is 0 Å². The van der Waals surface area contributed by atoms with Crippen molar-refractivity contribution in [2.75, 3.05) is 23.4 Å². The van der Waals surface area contributed by atoms with Crippen LogP contribution in [0.5, 0.6) is 5.75 Å². The number of benzene rings is 1. The molecule has 0 atom stereocenters. The van der Waals surface area contributed by atoms with Crippen molar-refractivity contribution in [3.8, 4) is 5.75 Å². The molecule has 22 heavy (non-hydrogen) atoms. The molecule has 2 amide bonds. The summed E-state index contributed by atoms with van der Waals surface area (Å²) in [5.41, 5.74) is 1.78. The highest BCUT2D eigenvalue weighted by Gasteiger charge is 2.26. The van der Waals surface area contributed by atoms with Gasteiger partial charge in [-0.25, -0.2) is 0 Å². The van der Waals surface area contributed by atoms with Gasteiger partial charge in [-0.1, -0.05) is 32.9 Å². The monoisotopic (exact) mass is 302 g/mol. The number of ether oxygens (including phenoxy) is 1. The van der Waals surface area contributed by atoms with Crippen LogP contribution in [0.15, 0.2) is 30.4 Å². The molecule has 0 radical (unpaired) electrons. The number of hydrogen-bond donors (Lipinski definition) is 1. The Hall–Kier alpha value is -2.30. The smallest absolute Gasteiger partial charge is 0.265 e. The summed E-state index contributed by atoms with van der Waals surface area (Å²) in [5.74, 6) is 0.424. The molecule has 5 heteroatoms. The molecule has 1 aromatic carbocycles. The topological polar surface area (TPSA) is 58.6 Å². The fourth-order valence-corrected chi connectivity index (χ4v) is 2.04. The summed E-state index contributed by atoms with van der Waals surface area (Å²) in [6.45, 7) is 11.7. The normalized spacial score (nSPS) is 14.2. The highest BCUT2D eigenvalue weighted by atomic mass is 16.5. The first-order valence-corrected chi connectivity index (χ1v) is 7.21. The van der Waals surface area contributed by atoms with Crippen molar-refractivity contribution in [1.29, 1.82) is 0 Å². The first-order valence-electron chi connectivity index (χ1n) is 7.21. The summed E-state index contributed by atoms with van der Waals surface area (Å²) in [5, 5.41) is 2.86. The number of carbonyl (C=O) groups is 2. The van der Waals surface area contributed by atoms with Gasteiger partial charge in [-0.15, -0.1) is 0 Å². The molecule has 0 unspecified atom stereocenters. The highest BCUT2D eigenvalue weighted by Crippen LogP contribution is 2.35. The average molecular weight is 302 g/mol. The number of amides is 2. The third kappa shape index (κ3) is 3.47. The largest absolute Gasteiger partial charge is 0.481 e. The fourth-order valence-electron chi connectivity index (χ4n) is 2.04. The molecule has 0 bridgehead atoms. The van der Waals surface area contributed by atoms with E-state index in [1.807, 2.05) is 27.7 Å². The number of anilines is 2. The van der Waals surface area contributed by atoms with Gasteiger partial charge in [0.15, 0.2) is 6.61 Å². The van der Waals surface area contributed by atoms with E-state index in [0.29, 0.717) is 23.7 Å². The van der Waals surface area contributed by atoms with Crippen LogP contribution in [0.4, 0.5) is 11.4 Å². The Morgan fingerprint density at radius 3 is 2.68 bits per heavy atom. The maximum atomic E-state index is 12.0. The maximum absolute atomic E-state index is 12.0. The summed E-state index contributed by atoms with van der Waals surface area (Å²) in [4.78, 5) is 25.7. The molecule has 0 saturated heterocycles. The molecule has 0 fully saturated rings. The lowest BCUT2D eigenvalue weighted by Gasteiger charge is -2.30. The average Bonchev–Trinajstić information content (AvgIpc) is 2.40. The minimum Gasteiger partial charge on any atom is -0.481 e. The number of hydrogen-bond acceptors (Lipinski definition) is 3. The van der Waals surface area contributed by atoms with Crippen molar-refractivity contribution >= 4 is 23.2 Å². The number of rotatable bonds is 3. The van der Waals surface area contributed by atoms with Crippen LogP contribution in [0, 0.1) is 5.41 Å². The molecular weight excluding hydrogens is 280 g/mol. The second-order valence-electron chi connectivity index (χ2n) is 6.61. The molecule has 1 aromatic rings. The zero-order valence-corrected chi connectivity index (χ0v) is 13.5. The van der Waals surface area contributed by atoms with E-state index in [0.717, 1.165) is 5.57 Å². The van der Waals surface area contributed by atoms with E-state index in [4.69, 9.17) is 4.74 Å². The molecular formula is C17H22N2O3. The lowest BCUT2D eigenvalue weighted by Crippen LogP contribution is -2.39. The summed E-state index contributed by atoms with van der Waals surface area (Å²) in [7, 11) is 0. The third-order valence-electron chi connectivity index (χ3n) is 3.27. The van der Waals surface area contributed by atoms with Crippen LogP contribution < -0.4 is 15.0 Å². The molecule has 118 valence electrons. The number of nitrogens with zero attached hydrogens (tertiary/aromatic N) is 1. The molecule has 0 aromatic heterocycles. The van der Waals surface area contributed by atoms with Gasteiger partial charge in [0.2, 0.25) is 5.91 Å². The van der Waals surface area contributed by atoms with Crippen molar-refractivity contribution in [2.24, 2.45) is 5.41 Å². The van der Waals surface area contributed by atoms with Gasteiger partial charge in [0.25, 0.3) is 5.91 Å². The van der Waals surface area contributed by atoms with E-state index in [2.05, 4.69) is 11.9 Å². The minimum atomic E-state index is -0.473. The summed E-state index contributed by atoms with van der Waals surface area (Å²) < 4.78 is 5.48. The van der Waals surface area contributed by atoms with Gasteiger partial charge in [0.05, 0.1) is 5.69 Å². The minimum absolute atomic E-state index is 0.00303. The van der Waals surface area contributed by atoms with Crippen LogP contribution in [0.25, 0.3) is 0 Å². The van der Waals surface area contributed by atoms with Crippen LogP contribution in [-0.4, -0.2) is 25.0 Å². The highest BCUT2D eigenvalue weighted by molar-refractivity contribution is 5.99.